The average molecular weight is 274 g/mol. The van der Waals surface area contributed by atoms with Gasteiger partial charge in [-0.05, 0) is 24.8 Å². The van der Waals surface area contributed by atoms with Gasteiger partial charge in [0, 0.05) is 17.4 Å². The topological polar surface area (TPSA) is 26.3 Å². The van der Waals surface area contributed by atoms with Gasteiger partial charge < -0.3 is 4.74 Å². The Morgan fingerprint density at radius 1 is 1.39 bits per heavy atom. The summed E-state index contributed by atoms with van der Waals surface area (Å²) >= 11 is 1.35. The molecule has 0 aliphatic rings. The lowest BCUT2D eigenvalue weighted by molar-refractivity contribution is 0.0171. The van der Waals surface area contributed by atoms with Gasteiger partial charge in [-0.1, -0.05) is 13.0 Å². The van der Waals surface area contributed by atoms with E-state index in [9.17, 15) is 13.6 Å². The van der Waals surface area contributed by atoms with Gasteiger partial charge in [0.25, 0.3) is 5.92 Å². The van der Waals surface area contributed by atoms with Crippen molar-refractivity contribution in [1.29, 1.82) is 0 Å². The molecule has 1 aromatic rings. The summed E-state index contributed by atoms with van der Waals surface area (Å²) in [5.41, 5.74) is 0.253. The fourth-order valence-corrected chi connectivity index (χ4v) is 2.28. The molecular weight excluding hydrogens is 258 g/mol. The van der Waals surface area contributed by atoms with Gasteiger partial charge in [0.05, 0.1) is 12.2 Å². The predicted octanol–water partition coefficient (Wildman–Crippen LogP) is 4.09. The number of thioether (sulfide) groups is 1. The van der Waals surface area contributed by atoms with Gasteiger partial charge in [-0.3, -0.25) is 0 Å². The molecule has 0 unspecified atom stereocenters. The van der Waals surface area contributed by atoms with Crippen LogP contribution in [0.25, 0.3) is 0 Å². The lowest BCUT2D eigenvalue weighted by Crippen LogP contribution is -2.10. The molecule has 0 aromatic heterocycles. The fourth-order valence-electron chi connectivity index (χ4n) is 1.45. The quantitative estimate of drug-likeness (QED) is 0.597. The normalized spacial score (nSPS) is 11.4. The van der Waals surface area contributed by atoms with Crippen molar-refractivity contribution < 1.29 is 18.3 Å². The van der Waals surface area contributed by atoms with Crippen LogP contribution in [0, 0.1) is 0 Å². The highest BCUT2D eigenvalue weighted by Gasteiger charge is 2.26. The second-order valence-electron chi connectivity index (χ2n) is 3.75. The highest BCUT2D eigenvalue weighted by atomic mass is 32.2. The van der Waals surface area contributed by atoms with Gasteiger partial charge in [-0.25, -0.2) is 13.6 Å². The Bertz CT molecular complexity index is 427. The molecule has 0 bridgehead atoms. The third-order valence-corrected chi connectivity index (χ3v) is 3.22. The molecule has 18 heavy (non-hydrogen) atoms. The summed E-state index contributed by atoms with van der Waals surface area (Å²) in [5.74, 6) is -2.68. The maximum absolute atomic E-state index is 13.2. The lowest BCUT2D eigenvalue weighted by Gasteiger charge is -2.14. The summed E-state index contributed by atoms with van der Waals surface area (Å²) in [6, 6.07) is 4.04. The smallest absolute Gasteiger partial charge is 0.339 e. The van der Waals surface area contributed by atoms with Crippen LogP contribution in [-0.2, 0) is 10.7 Å². The number of esters is 1. The van der Waals surface area contributed by atoms with E-state index in [1.54, 1.807) is 6.92 Å². The molecule has 0 heterocycles. The summed E-state index contributed by atoms with van der Waals surface area (Å²) in [6.07, 6.45) is 0. The predicted molar refractivity (Wildman–Crippen MR) is 68.4 cm³/mol. The van der Waals surface area contributed by atoms with Crippen molar-refractivity contribution in [2.45, 2.75) is 31.6 Å². The summed E-state index contributed by atoms with van der Waals surface area (Å²) in [4.78, 5) is 12.2. The minimum Gasteiger partial charge on any atom is -0.462 e. The van der Waals surface area contributed by atoms with Gasteiger partial charge in [-0.2, -0.15) is 0 Å². The van der Waals surface area contributed by atoms with Crippen LogP contribution in [0.5, 0.6) is 0 Å². The monoisotopic (exact) mass is 274 g/mol. The zero-order valence-corrected chi connectivity index (χ0v) is 11.4. The van der Waals surface area contributed by atoms with E-state index >= 15 is 0 Å². The number of ether oxygens (including phenoxy) is 1. The zero-order valence-electron chi connectivity index (χ0n) is 10.6. The van der Waals surface area contributed by atoms with Crippen LogP contribution in [-0.4, -0.2) is 18.3 Å². The Hall–Kier alpha value is -1.10. The number of carbonyl (C=O) groups excluding carboxylic acids is 1. The Morgan fingerprint density at radius 3 is 2.56 bits per heavy atom. The SMILES string of the molecule is CCOC(=O)c1ccc(C(C)(F)F)cc1SCC. The first-order valence-corrected chi connectivity index (χ1v) is 6.71. The van der Waals surface area contributed by atoms with E-state index in [0.29, 0.717) is 16.2 Å². The molecule has 0 spiro atoms. The van der Waals surface area contributed by atoms with E-state index in [1.807, 2.05) is 6.92 Å². The standard InChI is InChI=1S/C13H16F2O2S/c1-4-17-12(16)10-7-6-9(13(3,14)15)8-11(10)18-5-2/h6-8H,4-5H2,1-3H3. The van der Waals surface area contributed by atoms with Crippen molar-refractivity contribution in [3.05, 3.63) is 29.3 Å². The van der Waals surface area contributed by atoms with Crippen LogP contribution < -0.4 is 0 Å². The minimum atomic E-state index is -2.91. The summed E-state index contributed by atoms with van der Waals surface area (Å²) in [5, 5.41) is 0. The minimum absolute atomic E-state index is 0.0912. The largest absolute Gasteiger partial charge is 0.462 e. The number of halogens is 2. The van der Waals surface area contributed by atoms with Crippen LogP contribution >= 0.6 is 11.8 Å². The molecule has 0 atom stereocenters. The molecule has 0 amide bonds. The molecular formula is C13H16F2O2S. The van der Waals surface area contributed by atoms with Crippen molar-refractivity contribution in [3.63, 3.8) is 0 Å². The fraction of sp³-hybridized carbons (Fsp3) is 0.462. The summed E-state index contributed by atoms with van der Waals surface area (Å²) in [7, 11) is 0. The van der Waals surface area contributed by atoms with Crippen LogP contribution in [0.2, 0.25) is 0 Å². The molecule has 0 aliphatic carbocycles. The highest BCUT2D eigenvalue weighted by Crippen LogP contribution is 2.32. The molecule has 2 nitrogen and oxygen atoms in total. The van der Waals surface area contributed by atoms with Crippen LogP contribution in [0.3, 0.4) is 0 Å². The van der Waals surface area contributed by atoms with Gasteiger partial charge in [0.1, 0.15) is 0 Å². The third kappa shape index (κ3) is 3.70. The Balaban J connectivity index is 3.16. The molecule has 1 aromatic carbocycles. The van der Waals surface area contributed by atoms with Crippen molar-refractivity contribution in [1.82, 2.24) is 0 Å². The average Bonchev–Trinajstić information content (AvgIpc) is 2.28. The van der Waals surface area contributed by atoms with Gasteiger partial charge in [0.2, 0.25) is 0 Å². The lowest BCUT2D eigenvalue weighted by atomic mass is 10.1. The number of benzene rings is 1. The Labute approximate surface area is 110 Å². The number of hydrogen-bond acceptors (Lipinski definition) is 3. The van der Waals surface area contributed by atoms with Crippen molar-refractivity contribution >= 4 is 17.7 Å². The second-order valence-corrected chi connectivity index (χ2v) is 5.06. The molecule has 0 aliphatic heterocycles. The van der Waals surface area contributed by atoms with Crippen molar-refractivity contribution in [2.24, 2.45) is 0 Å². The Kier molecular flexibility index (Phi) is 5.14. The van der Waals surface area contributed by atoms with E-state index in [0.717, 1.165) is 6.92 Å². The molecule has 0 saturated heterocycles. The first-order chi connectivity index (χ1) is 8.40. The zero-order chi connectivity index (χ0) is 13.8. The number of hydrogen-bond donors (Lipinski definition) is 0. The van der Waals surface area contributed by atoms with E-state index in [-0.39, 0.29) is 12.2 Å². The third-order valence-electron chi connectivity index (χ3n) is 2.28. The second kappa shape index (κ2) is 6.18. The van der Waals surface area contributed by atoms with Gasteiger partial charge >= 0.3 is 5.97 Å². The number of rotatable bonds is 5. The van der Waals surface area contributed by atoms with Crippen LogP contribution in [0.4, 0.5) is 8.78 Å². The summed E-state index contributed by atoms with van der Waals surface area (Å²) in [6.45, 7) is 4.71. The van der Waals surface area contributed by atoms with Crippen molar-refractivity contribution in [2.75, 3.05) is 12.4 Å². The first-order valence-electron chi connectivity index (χ1n) is 5.72. The van der Waals surface area contributed by atoms with Crippen LogP contribution in [0.1, 0.15) is 36.7 Å². The van der Waals surface area contributed by atoms with E-state index in [1.165, 1.54) is 30.0 Å². The molecule has 1 rings (SSSR count). The molecule has 5 heteroatoms. The molecule has 0 fully saturated rings. The molecule has 0 N–H and O–H groups in total. The molecule has 100 valence electrons. The first kappa shape index (κ1) is 15.0. The van der Waals surface area contributed by atoms with Gasteiger partial charge in [0.15, 0.2) is 0 Å². The number of carbonyl (C=O) groups is 1. The van der Waals surface area contributed by atoms with Gasteiger partial charge in [-0.15, -0.1) is 11.8 Å². The molecule has 0 saturated carbocycles. The maximum atomic E-state index is 13.2. The maximum Gasteiger partial charge on any atom is 0.339 e. The van der Waals surface area contributed by atoms with E-state index in [2.05, 4.69) is 0 Å². The van der Waals surface area contributed by atoms with Crippen LogP contribution in [0.15, 0.2) is 23.1 Å². The van der Waals surface area contributed by atoms with E-state index < -0.39 is 11.9 Å². The van der Waals surface area contributed by atoms with Crippen molar-refractivity contribution in [3.8, 4) is 0 Å². The highest BCUT2D eigenvalue weighted by molar-refractivity contribution is 7.99. The summed E-state index contributed by atoms with van der Waals surface area (Å²) < 4.78 is 31.4. The Morgan fingerprint density at radius 2 is 2.06 bits per heavy atom. The number of alkyl halides is 2. The molecule has 0 radical (unpaired) electrons. The van der Waals surface area contributed by atoms with E-state index in [4.69, 9.17) is 4.74 Å².